The monoisotopic (exact) mass is 198 g/mol. The SMILES string of the molecule is C=C/C=C\C=C(/C)c1ccc(CC)cc1. The summed E-state index contributed by atoms with van der Waals surface area (Å²) in [7, 11) is 0. The van der Waals surface area contributed by atoms with Crippen LogP contribution in [-0.2, 0) is 6.42 Å². The van der Waals surface area contributed by atoms with E-state index in [1.807, 2.05) is 12.2 Å². The molecule has 1 aromatic rings. The molecule has 0 radical (unpaired) electrons. The zero-order valence-corrected chi connectivity index (χ0v) is 9.53. The summed E-state index contributed by atoms with van der Waals surface area (Å²) in [5, 5.41) is 0. The molecule has 78 valence electrons. The molecule has 0 saturated carbocycles. The Bertz CT molecular complexity index is 364. The van der Waals surface area contributed by atoms with Gasteiger partial charge in [0.15, 0.2) is 0 Å². The first-order valence-corrected chi connectivity index (χ1v) is 5.33. The van der Waals surface area contributed by atoms with Crippen LogP contribution >= 0.6 is 0 Å². The normalized spacial score (nSPS) is 12.0. The molecular weight excluding hydrogens is 180 g/mol. The Balaban J connectivity index is 2.82. The molecule has 0 spiro atoms. The summed E-state index contributed by atoms with van der Waals surface area (Å²) in [4.78, 5) is 0. The lowest BCUT2D eigenvalue weighted by Gasteiger charge is -2.01. The standard InChI is InChI=1S/C15H18/c1-4-6-7-8-13(3)15-11-9-14(5-2)10-12-15/h4,6-12H,1,5H2,2-3H3/b7-6-,13-8+. The second kappa shape index (κ2) is 6.02. The fourth-order valence-corrected chi connectivity index (χ4v) is 1.38. The third-order valence-corrected chi connectivity index (χ3v) is 2.41. The van der Waals surface area contributed by atoms with Crippen molar-refractivity contribution in [1.29, 1.82) is 0 Å². The van der Waals surface area contributed by atoms with Crippen LogP contribution in [0.15, 0.2) is 55.1 Å². The summed E-state index contributed by atoms with van der Waals surface area (Å²) in [5.41, 5.74) is 3.94. The molecule has 0 aliphatic rings. The van der Waals surface area contributed by atoms with Gasteiger partial charge in [0, 0.05) is 0 Å². The van der Waals surface area contributed by atoms with Crippen molar-refractivity contribution in [2.75, 3.05) is 0 Å². The first-order valence-electron chi connectivity index (χ1n) is 5.33. The van der Waals surface area contributed by atoms with E-state index in [1.54, 1.807) is 6.08 Å². The molecule has 0 amide bonds. The van der Waals surface area contributed by atoms with Gasteiger partial charge in [0.05, 0.1) is 0 Å². The van der Waals surface area contributed by atoms with Crippen molar-refractivity contribution < 1.29 is 0 Å². The van der Waals surface area contributed by atoms with Crippen LogP contribution in [0.2, 0.25) is 0 Å². The number of benzene rings is 1. The molecule has 15 heavy (non-hydrogen) atoms. The summed E-state index contributed by atoms with van der Waals surface area (Å²) >= 11 is 0. The average Bonchev–Trinajstić information content (AvgIpc) is 2.29. The molecule has 0 saturated heterocycles. The number of hydrogen-bond acceptors (Lipinski definition) is 0. The van der Waals surface area contributed by atoms with E-state index >= 15 is 0 Å². The van der Waals surface area contributed by atoms with Gasteiger partial charge in [-0.1, -0.05) is 62.1 Å². The number of hydrogen-bond donors (Lipinski definition) is 0. The predicted molar refractivity (Wildman–Crippen MR) is 68.8 cm³/mol. The minimum Gasteiger partial charge on any atom is -0.0991 e. The Morgan fingerprint density at radius 2 is 1.87 bits per heavy atom. The Kier molecular flexibility index (Phi) is 4.62. The molecule has 0 heterocycles. The van der Waals surface area contributed by atoms with Crippen molar-refractivity contribution in [2.45, 2.75) is 20.3 Å². The number of rotatable bonds is 4. The van der Waals surface area contributed by atoms with E-state index in [9.17, 15) is 0 Å². The molecule has 1 aromatic carbocycles. The lowest BCUT2D eigenvalue weighted by Crippen LogP contribution is -1.82. The van der Waals surface area contributed by atoms with Crippen LogP contribution in [0.4, 0.5) is 0 Å². The highest BCUT2D eigenvalue weighted by Crippen LogP contribution is 2.14. The van der Waals surface area contributed by atoms with Gasteiger partial charge >= 0.3 is 0 Å². The maximum atomic E-state index is 3.64. The van der Waals surface area contributed by atoms with E-state index in [1.165, 1.54) is 16.7 Å². The number of aryl methyl sites for hydroxylation is 1. The Morgan fingerprint density at radius 3 is 2.40 bits per heavy atom. The lowest BCUT2D eigenvalue weighted by molar-refractivity contribution is 1.14. The van der Waals surface area contributed by atoms with Crippen LogP contribution in [0, 0.1) is 0 Å². The minimum atomic E-state index is 1.10. The van der Waals surface area contributed by atoms with Gasteiger partial charge in [0.25, 0.3) is 0 Å². The average molecular weight is 198 g/mol. The lowest BCUT2D eigenvalue weighted by atomic mass is 10.0. The van der Waals surface area contributed by atoms with Gasteiger partial charge in [-0.05, 0) is 30.0 Å². The summed E-state index contributed by atoms with van der Waals surface area (Å²) < 4.78 is 0. The largest absolute Gasteiger partial charge is 0.0991 e. The molecule has 0 atom stereocenters. The zero-order valence-electron chi connectivity index (χ0n) is 9.53. The zero-order chi connectivity index (χ0) is 11.1. The molecule has 0 nitrogen and oxygen atoms in total. The third-order valence-electron chi connectivity index (χ3n) is 2.41. The third kappa shape index (κ3) is 3.59. The van der Waals surface area contributed by atoms with Gasteiger partial charge in [-0.15, -0.1) is 0 Å². The Morgan fingerprint density at radius 1 is 1.20 bits per heavy atom. The van der Waals surface area contributed by atoms with Gasteiger partial charge < -0.3 is 0 Å². The van der Waals surface area contributed by atoms with E-state index in [4.69, 9.17) is 0 Å². The van der Waals surface area contributed by atoms with Crippen LogP contribution < -0.4 is 0 Å². The van der Waals surface area contributed by atoms with E-state index < -0.39 is 0 Å². The maximum Gasteiger partial charge on any atom is -0.0227 e. The van der Waals surface area contributed by atoms with E-state index in [0.29, 0.717) is 0 Å². The smallest absolute Gasteiger partial charge is 0.0227 e. The summed E-state index contributed by atoms with van der Waals surface area (Å²) in [6.45, 7) is 7.93. The molecule has 0 unspecified atom stereocenters. The van der Waals surface area contributed by atoms with Crippen molar-refractivity contribution in [3.63, 3.8) is 0 Å². The van der Waals surface area contributed by atoms with E-state index in [0.717, 1.165) is 6.42 Å². The highest BCUT2D eigenvalue weighted by Gasteiger charge is 1.94. The van der Waals surface area contributed by atoms with Crippen LogP contribution in [0.25, 0.3) is 5.57 Å². The predicted octanol–water partition coefficient (Wildman–Crippen LogP) is 4.39. The molecule has 1 rings (SSSR count). The molecule has 0 aromatic heterocycles. The summed E-state index contributed by atoms with van der Waals surface area (Å²) in [6, 6.07) is 8.71. The van der Waals surface area contributed by atoms with E-state index in [-0.39, 0.29) is 0 Å². The van der Waals surface area contributed by atoms with Gasteiger partial charge in [-0.2, -0.15) is 0 Å². The quantitative estimate of drug-likeness (QED) is 0.629. The van der Waals surface area contributed by atoms with Crippen LogP contribution in [-0.4, -0.2) is 0 Å². The molecule has 0 bridgehead atoms. The van der Waals surface area contributed by atoms with Crippen LogP contribution in [0.1, 0.15) is 25.0 Å². The number of allylic oxidation sites excluding steroid dienone is 5. The van der Waals surface area contributed by atoms with E-state index in [2.05, 4.69) is 50.8 Å². The molecule has 0 N–H and O–H groups in total. The summed E-state index contributed by atoms with van der Waals surface area (Å²) in [6.07, 6.45) is 8.92. The molecular formula is C15H18. The topological polar surface area (TPSA) is 0 Å². The van der Waals surface area contributed by atoms with Crippen molar-refractivity contribution in [2.24, 2.45) is 0 Å². The van der Waals surface area contributed by atoms with Gasteiger partial charge in [-0.25, -0.2) is 0 Å². The minimum absolute atomic E-state index is 1.10. The second-order valence-corrected chi connectivity index (χ2v) is 3.52. The van der Waals surface area contributed by atoms with Crippen molar-refractivity contribution in [1.82, 2.24) is 0 Å². The Labute approximate surface area is 92.6 Å². The fourth-order valence-electron chi connectivity index (χ4n) is 1.38. The van der Waals surface area contributed by atoms with Crippen LogP contribution in [0.5, 0.6) is 0 Å². The second-order valence-electron chi connectivity index (χ2n) is 3.52. The van der Waals surface area contributed by atoms with Crippen molar-refractivity contribution in [3.05, 3.63) is 66.3 Å². The highest BCUT2D eigenvalue weighted by molar-refractivity contribution is 5.65. The van der Waals surface area contributed by atoms with Crippen molar-refractivity contribution >= 4 is 5.57 Å². The van der Waals surface area contributed by atoms with Gasteiger partial charge in [0.1, 0.15) is 0 Å². The Hall–Kier alpha value is -1.56. The van der Waals surface area contributed by atoms with Gasteiger partial charge in [-0.3, -0.25) is 0 Å². The van der Waals surface area contributed by atoms with Crippen LogP contribution in [0.3, 0.4) is 0 Å². The highest BCUT2D eigenvalue weighted by atomic mass is 14.0. The van der Waals surface area contributed by atoms with Crippen molar-refractivity contribution in [3.8, 4) is 0 Å². The van der Waals surface area contributed by atoms with Gasteiger partial charge in [0.2, 0.25) is 0 Å². The molecule has 0 aliphatic heterocycles. The molecule has 0 aliphatic carbocycles. The first kappa shape index (κ1) is 11.5. The maximum absolute atomic E-state index is 3.64. The first-order chi connectivity index (χ1) is 7.27. The molecule has 0 heteroatoms. The fraction of sp³-hybridized carbons (Fsp3) is 0.200. The summed E-state index contributed by atoms with van der Waals surface area (Å²) in [5.74, 6) is 0. The molecule has 0 fully saturated rings.